The maximum Gasteiger partial charge on any atom is 0.147 e. The van der Waals surface area contributed by atoms with Crippen LogP contribution in [0.3, 0.4) is 0 Å². The lowest BCUT2D eigenvalue weighted by Gasteiger charge is -2.13. The first-order valence-corrected chi connectivity index (χ1v) is 5.38. The van der Waals surface area contributed by atoms with Crippen molar-refractivity contribution in [2.24, 2.45) is 0 Å². The summed E-state index contributed by atoms with van der Waals surface area (Å²) in [5, 5.41) is 4.01. The molecule has 0 aromatic carbocycles. The Morgan fingerprint density at radius 1 is 1.47 bits per heavy atom. The highest BCUT2D eigenvalue weighted by atomic mass is 35.5. The van der Waals surface area contributed by atoms with Crippen molar-refractivity contribution >= 4 is 34.8 Å². The number of nitrogen functional groups attached to an aromatic ring is 1. The molecule has 0 bridgehead atoms. The highest BCUT2D eigenvalue weighted by molar-refractivity contribution is 6.37. The lowest BCUT2D eigenvalue weighted by Crippen LogP contribution is -2.20. The number of rotatable bonds is 2. The van der Waals surface area contributed by atoms with Crippen molar-refractivity contribution in [3.63, 3.8) is 0 Å². The second-order valence-corrected chi connectivity index (χ2v) is 4.21. The summed E-state index contributed by atoms with van der Waals surface area (Å²) in [4.78, 5) is 4.08. The Kier molecular flexibility index (Phi) is 3.19. The van der Waals surface area contributed by atoms with Gasteiger partial charge in [0.15, 0.2) is 0 Å². The van der Waals surface area contributed by atoms with Crippen LogP contribution in [-0.4, -0.2) is 24.2 Å². The lowest BCUT2D eigenvalue weighted by molar-refractivity contribution is 0.195. The summed E-state index contributed by atoms with van der Waals surface area (Å²) in [7, 11) is 0. The van der Waals surface area contributed by atoms with Crippen LogP contribution in [0.2, 0.25) is 10.0 Å². The van der Waals surface area contributed by atoms with E-state index in [1.807, 2.05) is 0 Å². The van der Waals surface area contributed by atoms with Crippen LogP contribution >= 0.6 is 23.2 Å². The van der Waals surface area contributed by atoms with Crippen molar-refractivity contribution in [2.75, 3.05) is 24.3 Å². The summed E-state index contributed by atoms with van der Waals surface area (Å²) in [5.41, 5.74) is 5.59. The first kappa shape index (κ1) is 10.8. The van der Waals surface area contributed by atoms with E-state index in [0.717, 1.165) is 13.0 Å². The minimum absolute atomic E-state index is 0.246. The number of aromatic nitrogens is 1. The van der Waals surface area contributed by atoms with Crippen LogP contribution in [0.25, 0.3) is 0 Å². The van der Waals surface area contributed by atoms with E-state index in [9.17, 15) is 0 Å². The molecule has 82 valence electrons. The van der Waals surface area contributed by atoms with E-state index >= 15 is 0 Å². The molecule has 0 radical (unpaired) electrons. The van der Waals surface area contributed by atoms with Gasteiger partial charge in [0.1, 0.15) is 11.6 Å². The standard InChI is InChI=1S/C9H11Cl2N3O/c10-6-3-7(11)9(14-8(6)12)13-5-1-2-15-4-5/h3,5H,1-2,4H2,(H3,12,13,14). The van der Waals surface area contributed by atoms with E-state index in [4.69, 9.17) is 33.7 Å². The van der Waals surface area contributed by atoms with Crippen molar-refractivity contribution in [3.8, 4) is 0 Å². The highest BCUT2D eigenvalue weighted by Gasteiger charge is 2.17. The number of hydrogen-bond donors (Lipinski definition) is 2. The number of halogens is 2. The van der Waals surface area contributed by atoms with Gasteiger partial charge in [-0.15, -0.1) is 0 Å². The first-order valence-electron chi connectivity index (χ1n) is 4.62. The first-order chi connectivity index (χ1) is 7.16. The molecule has 2 heterocycles. The average molecular weight is 248 g/mol. The summed E-state index contributed by atoms with van der Waals surface area (Å²) in [6.45, 7) is 1.43. The number of nitrogens with two attached hydrogens (primary N) is 1. The molecular weight excluding hydrogens is 237 g/mol. The van der Waals surface area contributed by atoms with E-state index in [0.29, 0.717) is 22.5 Å². The van der Waals surface area contributed by atoms with Gasteiger partial charge < -0.3 is 15.8 Å². The Hall–Kier alpha value is -0.710. The van der Waals surface area contributed by atoms with Gasteiger partial charge in [0.2, 0.25) is 0 Å². The average Bonchev–Trinajstić information content (AvgIpc) is 2.67. The van der Waals surface area contributed by atoms with Crippen LogP contribution in [0, 0.1) is 0 Å². The van der Waals surface area contributed by atoms with Gasteiger partial charge >= 0.3 is 0 Å². The quantitative estimate of drug-likeness (QED) is 0.842. The summed E-state index contributed by atoms with van der Waals surface area (Å²) in [5.74, 6) is 0.844. The molecule has 1 aliphatic rings. The molecule has 0 aliphatic carbocycles. The molecule has 1 fully saturated rings. The molecule has 0 amide bonds. The third-order valence-corrected chi connectivity index (χ3v) is 2.82. The summed E-state index contributed by atoms with van der Waals surface area (Å²) in [6.07, 6.45) is 0.945. The molecule has 3 N–H and O–H groups in total. The summed E-state index contributed by atoms with van der Waals surface area (Å²) < 4.78 is 5.23. The highest BCUT2D eigenvalue weighted by Crippen LogP contribution is 2.28. The minimum atomic E-state index is 0.246. The van der Waals surface area contributed by atoms with E-state index in [-0.39, 0.29) is 11.9 Å². The molecule has 15 heavy (non-hydrogen) atoms. The predicted molar refractivity (Wildman–Crippen MR) is 61.5 cm³/mol. The van der Waals surface area contributed by atoms with Crippen LogP contribution in [-0.2, 0) is 4.74 Å². The fourth-order valence-electron chi connectivity index (χ4n) is 1.42. The molecule has 1 aromatic rings. The smallest absolute Gasteiger partial charge is 0.147 e. The summed E-state index contributed by atoms with van der Waals surface area (Å²) in [6, 6.07) is 1.83. The Balaban J connectivity index is 2.16. The molecule has 1 unspecified atom stereocenters. The van der Waals surface area contributed by atoms with Crippen molar-refractivity contribution in [2.45, 2.75) is 12.5 Å². The molecule has 2 rings (SSSR count). The SMILES string of the molecule is Nc1nc(NC2CCOC2)c(Cl)cc1Cl. The van der Waals surface area contributed by atoms with Gasteiger partial charge in [-0.25, -0.2) is 4.98 Å². The van der Waals surface area contributed by atoms with Gasteiger partial charge in [-0.05, 0) is 12.5 Å². The number of nitrogens with one attached hydrogen (secondary N) is 1. The van der Waals surface area contributed by atoms with E-state index in [2.05, 4.69) is 10.3 Å². The van der Waals surface area contributed by atoms with Crippen molar-refractivity contribution in [1.29, 1.82) is 0 Å². The molecule has 1 saturated heterocycles. The second kappa shape index (κ2) is 4.43. The van der Waals surface area contributed by atoms with Gasteiger partial charge in [0, 0.05) is 6.61 Å². The predicted octanol–water partition coefficient (Wildman–Crippen LogP) is 2.17. The van der Waals surface area contributed by atoms with Gasteiger partial charge in [-0.3, -0.25) is 0 Å². The molecular formula is C9H11Cl2N3O. The minimum Gasteiger partial charge on any atom is -0.382 e. The van der Waals surface area contributed by atoms with E-state index in [1.165, 1.54) is 0 Å². The van der Waals surface area contributed by atoms with Crippen LogP contribution in [0.5, 0.6) is 0 Å². The Morgan fingerprint density at radius 2 is 2.27 bits per heavy atom. The molecule has 0 saturated carbocycles. The zero-order valence-electron chi connectivity index (χ0n) is 7.96. The fraction of sp³-hybridized carbons (Fsp3) is 0.444. The number of pyridine rings is 1. The van der Waals surface area contributed by atoms with Crippen LogP contribution in [0.15, 0.2) is 6.07 Å². The maximum atomic E-state index is 5.97. The molecule has 1 atom stereocenters. The zero-order chi connectivity index (χ0) is 10.8. The Bertz CT molecular complexity index is 367. The number of nitrogens with zero attached hydrogens (tertiary/aromatic N) is 1. The normalized spacial score (nSPS) is 20.5. The second-order valence-electron chi connectivity index (χ2n) is 3.39. The molecule has 0 spiro atoms. The maximum absolute atomic E-state index is 5.97. The third kappa shape index (κ3) is 2.45. The third-order valence-electron chi connectivity index (χ3n) is 2.23. The lowest BCUT2D eigenvalue weighted by atomic mass is 10.2. The Labute approximate surface area is 97.7 Å². The van der Waals surface area contributed by atoms with Crippen LogP contribution in [0.1, 0.15) is 6.42 Å². The van der Waals surface area contributed by atoms with Crippen LogP contribution in [0.4, 0.5) is 11.6 Å². The fourth-order valence-corrected chi connectivity index (χ4v) is 1.84. The number of ether oxygens (including phenoxy) is 1. The zero-order valence-corrected chi connectivity index (χ0v) is 9.48. The number of anilines is 2. The van der Waals surface area contributed by atoms with Gasteiger partial charge in [0.25, 0.3) is 0 Å². The molecule has 6 heteroatoms. The molecule has 4 nitrogen and oxygen atoms in total. The van der Waals surface area contributed by atoms with Gasteiger partial charge in [0.05, 0.1) is 22.7 Å². The van der Waals surface area contributed by atoms with Gasteiger partial charge in [-0.1, -0.05) is 23.2 Å². The largest absolute Gasteiger partial charge is 0.382 e. The van der Waals surface area contributed by atoms with E-state index < -0.39 is 0 Å². The van der Waals surface area contributed by atoms with Crippen molar-refractivity contribution < 1.29 is 4.74 Å². The van der Waals surface area contributed by atoms with Crippen LogP contribution < -0.4 is 11.1 Å². The van der Waals surface area contributed by atoms with Crippen molar-refractivity contribution in [3.05, 3.63) is 16.1 Å². The Morgan fingerprint density at radius 3 is 2.93 bits per heavy atom. The van der Waals surface area contributed by atoms with Gasteiger partial charge in [-0.2, -0.15) is 0 Å². The number of hydrogen-bond acceptors (Lipinski definition) is 4. The molecule has 1 aromatic heterocycles. The monoisotopic (exact) mass is 247 g/mol. The summed E-state index contributed by atoms with van der Waals surface area (Å²) >= 11 is 11.8. The van der Waals surface area contributed by atoms with E-state index in [1.54, 1.807) is 6.07 Å². The van der Waals surface area contributed by atoms with Crippen molar-refractivity contribution in [1.82, 2.24) is 4.98 Å². The molecule has 1 aliphatic heterocycles. The topological polar surface area (TPSA) is 60.2 Å².